The molecular formula is C11H24O3. The van der Waals surface area contributed by atoms with Gasteiger partial charge in [0.15, 0.2) is 0 Å². The number of methoxy groups -OCH3 is 1. The molecule has 1 N–H and O–H groups in total. The molecule has 3 heteroatoms. The molecule has 0 aliphatic heterocycles. The monoisotopic (exact) mass is 204 g/mol. The van der Waals surface area contributed by atoms with Crippen LogP contribution in [0.3, 0.4) is 0 Å². The van der Waals surface area contributed by atoms with Gasteiger partial charge in [0.1, 0.15) is 0 Å². The summed E-state index contributed by atoms with van der Waals surface area (Å²) < 4.78 is 10.4. The van der Waals surface area contributed by atoms with Gasteiger partial charge in [-0.3, -0.25) is 0 Å². The molecule has 0 aromatic rings. The third kappa shape index (κ3) is 7.30. The van der Waals surface area contributed by atoms with Crippen molar-refractivity contribution < 1.29 is 14.6 Å². The summed E-state index contributed by atoms with van der Waals surface area (Å²) in [7, 11) is 1.70. The first-order valence-corrected chi connectivity index (χ1v) is 5.33. The van der Waals surface area contributed by atoms with Crippen LogP contribution in [0.2, 0.25) is 0 Å². The lowest BCUT2D eigenvalue weighted by atomic mass is 9.99. The summed E-state index contributed by atoms with van der Waals surface area (Å²) >= 11 is 0. The van der Waals surface area contributed by atoms with Crippen molar-refractivity contribution in [1.82, 2.24) is 0 Å². The van der Waals surface area contributed by atoms with Crippen molar-refractivity contribution in [2.75, 3.05) is 20.3 Å². The second kappa shape index (κ2) is 7.21. The summed E-state index contributed by atoms with van der Waals surface area (Å²) in [5, 5.41) is 9.60. The normalized spacial score (nSPS) is 14.4. The third-order valence-corrected chi connectivity index (χ3v) is 2.43. The standard InChI is InChI=1S/C11H24O3/c1-5-14-9-7-10(12)6-8-11(2,3)13-4/h10,12H,5-9H2,1-4H3. The van der Waals surface area contributed by atoms with Gasteiger partial charge in [0.25, 0.3) is 0 Å². The van der Waals surface area contributed by atoms with E-state index in [1.54, 1.807) is 7.11 Å². The van der Waals surface area contributed by atoms with Crippen LogP contribution in [-0.4, -0.2) is 37.1 Å². The summed E-state index contributed by atoms with van der Waals surface area (Å²) in [6.07, 6.45) is 2.09. The van der Waals surface area contributed by atoms with Crippen LogP contribution in [-0.2, 0) is 9.47 Å². The Morgan fingerprint density at radius 3 is 2.43 bits per heavy atom. The molecule has 0 spiro atoms. The maximum atomic E-state index is 9.60. The van der Waals surface area contributed by atoms with E-state index in [9.17, 15) is 5.11 Å². The Morgan fingerprint density at radius 1 is 1.29 bits per heavy atom. The minimum absolute atomic E-state index is 0.132. The first-order valence-electron chi connectivity index (χ1n) is 5.33. The van der Waals surface area contributed by atoms with E-state index in [4.69, 9.17) is 9.47 Å². The van der Waals surface area contributed by atoms with Crippen LogP contribution >= 0.6 is 0 Å². The number of aliphatic hydroxyl groups excluding tert-OH is 1. The second-order valence-corrected chi connectivity index (χ2v) is 4.14. The maximum Gasteiger partial charge on any atom is 0.0623 e. The highest BCUT2D eigenvalue weighted by Crippen LogP contribution is 2.17. The Kier molecular flexibility index (Phi) is 7.15. The van der Waals surface area contributed by atoms with E-state index in [1.807, 2.05) is 20.8 Å². The molecular weight excluding hydrogens is 180 g/mol. The number of ether oxygens (including phenoxy) is 2. The molecule has 0 aliphatic carbocycles. The molecule has 0 aromatic carbocycles. The van der Waals surface area contributed by atoms with Crippen molar-refractivity contribution in [1.29, 1.82) is 0 Å². The first kappa shape index (κ1) is 13.9. The molecule has 86 valence electrons. The highest BCUT2D eigenvalue weighted by Gasteiger charge is 2.17. The lowest BCUT2D eigenvalue weighted by molar-refractivity contribution is -0.001000. The quantitative estimate of drug-likeness (QED) is 0.614. The average molecular weight is 204 g/mol. The Labute approximate surface area is 87.4 Å². The lowest BCUT2D eigenvalue weighted by Crippen LogP contribution is -2.25. The van der Waals surface area contributed by atoms with Gasteiger partial charge in [0, 0.05) is 20.3 Å². The van der Waals surface area contributed by atoms with Crippen LogP contribution in [0.15, 0.2) is 0 Å². The van der Waals surface area contributed by atoms with Crippen LogP contribution in [0, 0.1) is 0 Å². The Morgan fingerprint density at radius 2 is 1.93 bits per heavy atom. The highest BCUT2D eigenvalue weighted by molar-refractivity contribution is 4.70. The van der Waals surface area contributed by atoms with Crippen molar-refractivity contribution in [3.8, 4) is 0 Å². The van der Waals surface area contributed by atoms with Gasteiger partial charge in [-0.25, -0.2) is 0 Å². The van der Waals surface area contributed by atoms with Gasteiger partial charge in [-0.1, -0.05) is 0 Å². The molecule has 14 heavy (non-hydrogen) atoms. The van der Waals surface area contributed by atoms with Gasteiger partial charge in [-0.2, -0.15) is 0 Å². The molecule has 0 amide bonds. The number of hydrogen-bond acceptors (Lipinski definition) is 3. The molecule has 0 aliphatic rings. The third-order valence-electron chi connectivity index (χ3n) is 2.43. The van der Waals surface area contributed by atoms with Gasteiger partial charge in [-0.15, -0.1) is 0 Å². The molecule has 0 saturated heterocycles. The van der Waals surface area contributed by atoms with E-state index >= 15 is 0 Å². The van der Waals surface area contributed by atoms with Gasteiger partial charge in [0.2, 0.25) is 0 Å². The van der Waals surface area contributed by atoms with Gasteiger partial charge in [0.05, 0.1) is 11.7 Å². The average Bonchev–Trinajstić information content (AvgIpc) is 2.16. The minimum atomic E-state index is -0.268. The van der Waals surface area contributed by atoms with Crippen molar-refractivity contribution in [3.05, 3.63) is 0 Å². The summed E-state index contributed by atoms with van der Waals surface area (Å²) in [4.78, 5) is 0. The molecule has 0 radical (unpaired) electrons. The predicted molar refractivity (Wildman–Crippen MR) is 57.4 cm³/mol. The molecule has 0 rings (SSSR count). The summed E-state index contributed by atoms with van der Waals surface area (Å²) in [6.45, 7) is 7.38. The maximum absolute atomic E-state index is 9.60. The predicted octanol–water partition coefficient (Wildman–Crippen LogP) is 1.98. The Bertz CT molecular complexity index is 134. The summed E-state index contributed by atoms with van der Waals surface area (Å²) in [6, 6.07) is 0. The molecule has 3 nitrogen and oxygen atoms in total. The first-order chi connectivity index (χ1) is 6.52. The van der Waals surface area contributed by atoms with Crippen molar-refractivity contribution >= 4 is 0 Å². The lowest BCUT2D eigenvalue weighted by Gasteiger charge is -2.24. The number of aliphatic hydroxyl groups is 1. The Balaban J connectivity index is 3.48. The van der Waals surface area contributed by atoms with E-state index in [-0.39, 0.29) is 11.7 Å². The fourth-order valence-corrected chi connectivity index (χ4v) is 1.12. The molecule has 0 bridgehead atoms. The van der Waals surface area contributed by atoms with Crippen LogP contribution < -0.4 is 0 Å². The fraction of sp³-hybridized carbons (Fsp3) is 1.00. The summed E-state index contributed by atoms with van der Waals surface area (Å²) in [5.41, 5.74) is -0.132. The van der Waals surface area contributed by atoms with E-state index in [0.717, 1.165) is 19.4 Å². The van der Waals surface area contributed by atoms with E-state index < -0.39 is 0 Å². The van der Waals surface area contributed by atoms with E-state index in [1.165, 1.54) is 0 Å². The smallest absolute Gasteiger partial charge is 0.0623 e. The SMILES string of the molecule is CCOCCC(O)CCC(C)(C)OC. The fourth-order valence-electron chi connectivity index (χ4n) is 1.12. The van der Waals surface area contributed by atoms with Crippen molar-refractivity contribution in [2.45, 2.75) is 51.7 Å². The van der Waals surface area contributed by atoms with Gasteiger partial charge < -0.3 is 14.6 Å². The topological polar surface area (TPSA) is 38.7 Å². The van der Waals surface area contributed by atoms with Crippen LogP contribution in [0.1, 0.15) is 40.0 Å². The van der Waals surface area contributed by atoms with Crippen molar-refractivity contribution in [2.24, 2.45) is 0 Å². The van der Waals surface area contributed by atoms with Gasteiger partial charge in [-0.05, 0) is 40.0 Å². The Hall–Kier alpha value is -0.120. The summed E-state index contributed by atoms with van der Waals surface area (Å²) in [5.74, 6) is 0. The number of hydrogen-bond donors (Lipinski definition) is 1. The second-order valence-electron chi connectivity index (χ2n) is 4.14. The molecule has 0 fully saturated rings. The zero-order valence-electron chi connectivity index (χ0n) is 9.88. The van der Waals surface area contributed by atoms with Gasteiger partial charge >= 0.3 is 0 Å². The van der Waals surface area contributed by atoms with E-state index in [2.05, 4.69) is 0 Å². The minimum Gasteiger partial charge on any atom is -0.393 e. The highest BCUT2D eigenvalue weighted by atomic mass is 16.5. The van der Waals surface area contributed by atoms with Crippen LogP contribution in [0.5, 0.6) is 0 Å². The van der Waals surface area contributed by atoms with E-state index in [0.29, 0.717) is 13.0 Å². The molecule has 1 unspecified atom stereocenters. The number of rotatable bonds is 8. The molecule has 0 aromatic heterocycles. The zero-order valence-corrected chi connectivity index (χ0v) is 9.88. The molecule has 1 atom stereocenters. The van der Waals surface area contributed by atoms with Crippen molar-refractivity contribution in [3.63, 3.8) is 0 Å². The van der Waals surface area contributed by atoms with Crippen LogP contribution in [0.25, 0.3) is 0 Å². The molecule has 0 saturated carbocycles. The zero-order chi connectivity index (χ0) is 11.0. The molecule has 0 heterocycles. The largest absolute Gasteiger partial charge is 0.393 e. The van der Waals surface area contributed by atoms with Crippen LogP contribution in [0.4, 0.5) is 0 Å².